The summed E-state index contributed by atoms with van der Waals surface area (Å²) in [6.07, 6.45) is -1.90. The van der Waals surface area contributed by atoms with Crippen LogP contribution in [-0.4, -0.2) is 56.5 Å². The Morgan fingerprint density at radius 2 is 1.89 bits per heavy atom. The highest BCUT2D eigenvalue weighted by Crippen LogP contribution is 2.33. The summed E-state index contributed by atoms with van der Waals surface area (Å²) in [4.78, 5) is 11.8. The van der Waals surface area contributed by atoms with Crippen LogP contribution in [0, 0.1) is 13.8 Å². The number of anilines is 1. The van der Waals surface area contributed by atoms with Crippen LogP contribution < -0.4 is 5.32 Å². The quantitative estimate of drug-likeness (QED) is 0.342. The Morgan fingerprint density at radius 3 is 2.61 bits per heavy atom. The number of aromatic nitrogens is 3. The van der Waals surface area contributed by atoms with Crippen molar-refractivity contribution in [3.8, 4) is 0 Å². The third-order valence-electron chi connectivity index (χ3n) is 7.07. The maximum Gasteiger partial charge on any atom is 0.393 e. The fourth-order valence-corrected chi connectivity index (χ4v) is 6.22. The molecule has 0 amide bonds. The topological polar surface area (TPSA) is 66.2 Å². The molecule has 36 heavy (non-hydrogen) atoms. The fraction of sp³-hybridized carbons (Fsp3) is 0.462. The Bertz CT molecular complexity index is 1370. The van der Waals surface area contributed by atoms with E-state index in [4.69, 9.17) is 0 Å². The van der Waals surface area contributed by atoms with Crippen molar-refractivity contribution in [3.63, 3.8) is 0 Å². The summed E-state index contributed by atoms with van der Waals surface area (Å²) in [6.45, 7) is 7.70. The van der Waals surface area contributed by atoms with Gasteiger partial charge < -0.3 is 15.0 Å². The molecule has 5 rings (SSSR count). The van der Waals surface area contributed by atoms with Crippen LogP contribution in [0.4, 0.5) is 19.0 Å². The summed E-state index contributed by atoms with van der Waals surface area (Å²) >= 11 is 1.08. The number of nitrogens with one attached hydrogen (secondary N) is 1. The Hall–Kier alpha value is -2.69. The lowest BCUT2D eigenvalue weighted by Gasteiger charge is -2.33. The number of rotatable bonds is 7. The number of aliphatic hydroxyl groups excluding tert-OH is 1. The Morgan fingerprint density at radius 1 is 1.11 bits per heavy atom. The fourth-order valence-electron chi connectivity index (χ4n) is 5.20. The van der Waals surface area contributed by atoms with Crippen molar-refractivity contribution in [3.05, 3.63) is 52.3 Å². The van der Waals surface area contributed by atoms with Gasteiger partial charge in [0.15, 0.2) is 0 Å². The van der Waals surface area contributed by atoms with E-state index in [1.807, 2.05) is 0 Å². The molecule has 0 atom stereocenters. The van der Waals surface area contributed by atoms with Gasteiger partial charge in [-0.1, -0.05) is 6.07 Å². The van der Waals surface area contributed by atoms with E-state index in [2.05, 4.69) is 56.8 Å². The van der Waals surface area contributed by atoms with Crippen LogP contribution >= 0.6 is 11.3 Å². The van der Waals surface area contributed by atoms with E-state index in [1.165, 1.54) is 22.8 Å². The number of thiophene rings is 1. The summed E-state index contributed by atoms with van der Waals surface area (Å²) in [5.74, 6) is 0.618. The normalized spacial score (nSPS) is 15.8. The molecule has 4 aromatic rings. The minimum atomic E-state index is -4.24. The van der Waals surface area contributed by atoms with E-state index < -0.39 is 12.6 Å². The van der Waals surface area contributed by atoms with Crippen molar-refractivity contribution in [1.29, 1.82) is 0 Å². The Kier molecular flexibility index (Phi) is 6.93. The molecule has 1 saturated heterocycles. The molecule has 1 aliphatic heterocycles. The number of aliphatic hydroxyl groups is 1. The SMILES string of the molecule is Cc1c(CN2CCC(Nc3ncnc4sc(CC(F)(F)F)cc34)CC2)ccc2c1cc(C)n2CCO. The molecule has 1 aromatic carbocycles. The van der Waals surface area contributed by atoms with Gasteiger partial charge >= 0.3 is 6.18 Å². The van der Waals surface area contributed by atoms with Gasteiger partial charge in [0.2, 0.25) is 0 Å². The van der Waals surface area contributed by atoms with Gasteiger partial charge in [-0.3, -0.25) is 4.90 Å². The molecule has 6 nitrogen and oxygen atoms in total. The molecule has 0 unspecified atom stereocenters. The summed E-state index contributed by atoms with van der Waals surface area (Å²) < 4.78 is 40.6. The van der Waals surface area contributed by atoms with Crippen LogP contribution in [0.15, 0.2) is 30.6 Å². The molecule has 10 heteroatoms. The van der Waals surface area contributed by atoms with Crippen molar-refractivity contribution in [2.75, 3.05) is 25.0 Å². The number of hydrogen-bond donors (Lipinski definition) is 2. The molecule has 0 saturated carbocycles. The Labute approximate surface area is 211 Å². The zero-order chi connectivity index (χ0) is 25.4. The van der Waals surface area contributed by atoms with E-state index in [9.17, 15) is 18.3 Å². The highest BCUT2D eigenvalue weighted by molar-refractivity contribution is 7.18. The zero-order valence-electron chi connectivity index (χ0n) is 20.4. The number of aryl methyl sites for hydroxylation is 2. The number of nitrogens with zero attached hydrogens (tertiary/aromatic N) is 4. The first kappa shape index (κ1) is 25.0. The molecule has 1 aliphatic rings. The standard InChI is InChI=1S/C26H30F3N5OS/c1-16-11-21-17(2)18(3-4-23(21)34(16)9-10-35)14-33-7-5-19(6-8-33)32-24-22-12-20(13-26(27,28)29)36-25(22)31-15-30-24/h3-4,11-12,15,19,35H,5-10,13-14H2,1-2H3,(H,30,31,32). The van der Waals surface area contributed by atoms with Gasteiger partial charge in [0.25, 0.3) is 0 Å². The van der Waals surface area contributed by atoms with Crippen LogP contribution in [0.5, 0.6) is 0 Å². The predicted octanol–water partition coefficient (Wildman–Crippen LogP) is 5.44. The van der Waals surface area contributed by atoms with Crippen LogP contribution in [0.1, 0.15) is 34.5 Å². The first-order valence-electron chi connectivity index (χ1n) is 12.2. The van der Waals surface area contributed by atoms with E-state index in [0.717, 1.165) is 55.0 Å². The average molecular weight is 518 g/mol. The number of piperidine rings is 1. The first-order valence-corrected chi connectivity index (χ1v) is 13.0. The number of likely N-dealkylation sites (tertiary alicyclic amines) is 1. The minimum absolute atomic E-state index is 0.121. The van der Waals surface area contributed by atoms with Gasteiger partial charge in [0.1, 0.15) is 17.0 Å². The van der Waals surface area contributed by atoms with Crippen molar-refractivity contribution >= 4 is 38.3 Å². The predicted molar refractivity (Wildman–Crippen MR) is 138 cm³/mol. The molecule has 192 valence electrons. The smallest absolute Gasteiger partial charge is 0.393 e. The van der Waals surface area contributed by atoms with Crippen LogP contribution in [0.3, 0.4) is 0 Å². The summed E-state index contributed by atoms with van der Waals surface area (Å²) in [5.41, 5.74) is 4.90. The largest absolute Gasteiger partial charge is 0.395 e. The van der Waals surface area contributed by atoms with Crippen LogP contribution in [-0.2, 0) is 19.5 Å². The lowest BCUT2D eigenvalue weighted by Crippen LogP contribution is -2.39. The lowest BCUT2D eigenvalue weighted by molar-refractivity contribution is -0.126. The first-order chi connectivity index (χ1) is 17.2. The second kappa shape index (κ2) is 9.99. The van der Waals surface area contributed by atoms with Gasteiger partial charge in [-0.15, -0.1) is 11.3 Å². The van der Waals surface area contributed by atoms with Crippen LogP contribution in [0.25, 0.3) is 21.1 Å². The number of alkyl halides is 3. The van der Waals surface area contributed by atoms with E-state index in [1.54, 1.807) is 6.07 Å². The summed E-state index contributed by atoms with van der Waals surface area (Å²) in [7, 11) is 0. The monoisotopic (exact) mass is 517 g/mol. The second-order valence-electron chi connectivity index (χ2n) is 9.58. The van der Waals surface area contributed by atoms with Crippen molar-refractivity contribution in [2.45, 2.75) is 58.4 Å². The maximum absolute atomic E-state index is 12.8. The van der Waals surface area contributed by atoms with Crippen molar-refractivity contribution in [2.24, 2.45) is 0 Å². The molecule has 0 aliphatic carbocycles. The van der Waals surface area contributed by atoms with E-state index >= 15 is 0 Å². The molecule has 1 fully saturated rings. The van der Waals surface area contributed by atoms with E-state index in [0.29, 0.717) is 22.6 Å². The highest BCUT2D eigenvalue weighted by atomic mass is 32.1. The number of hydrogen-bond acceptors (Lipinski definition) is 6. The lowest BCUT2D eigenvalue weighted by atomic mass is 10.0. The van der Waals surface area contributed by atoms with Gasteiger partial charge in [-0.25, -0.2) is 9.97 Å². The molecule has 0 bridgehead atoms. The third-order valence-corrected chi connectivity index (χ3v) is 8.12. The van der Waals surface area contributed by atoms with Gasteiger partial charge in [-0.05, 0) is 56.0 Å². The second-order valence-corrected chi connectivity index (χ2v) is 10.7. The van der Waals surface area contributed by atoms with E-state index in [-0.39, 0.29) is 17.5 Å². The number of fused-ring (bicyclic) bond motifs is 2. The molecule has 4 heterocycles. The maximum atomic E-state index is 12.8. The molecule has 0 radical (unpaired) electrons. The van der Waals surface area contributed by atoms with Crippen LogP contribution in [0.2, 0.25) is 0 Å². The van der Waals surface area contributed by atoms with Gasteiger partial charge in [0.05, 0.1) is 18.4 Å². The zero-order valence-corrected chi connectivity index (χ0v) is 21.2. The summed E-state index contributed by atoms with van der Waals surface area (Å²) in [5, 5.41) is 14.8. The number of halogens is 3. The van der Waals surface area contributed by atoms with Gasteiger partial charge in [0, 0.05) is 53.7 Å². The third kappa shape index (κ3) is 5.21. The van der Waals surface area contributed by atoms with Gasteiger partial charge in [-0.2, -0.15) is 13.2 Å². The molecule has 3 aromatic heterocycles. The summed E-state index contributed by atoms with van der Waals surface area (Å²) in [6, 6.07) is 8.33. The Balaban J connectivity index is 1.23. The molecular formula is C26H30F3N5OS. The molecule has 0 spiro atoms. The highest BCUT2D eigenvalue weighted by Gasteiger charge is 2.29. The van der Waals surface area contributed by atoms with Crippen molar-refractivity contribution in [1.82, 2.24) is 19.4 Å². The van der Waals surface area contributed by atoms with Crippen molar-refractivity contribution < 1.29 is 18.3 Å². The minimum Gasteiger partial charge on any atom is -0.395 e. The number of benzene rings is 1. The molecule has 2 N–H and O–H groups in total. The average Bonchev–Trinajstić information content (AvgIpc) is 3.37. The molecular weight excluding hydrogens is 487 g/mol.